The van der Waals surface area contributed by atoms with Gasteiger partial charge in [-0.05, 0) is 69.6 Å². The maximum atomic E-state index is 14.0. The number of nitrogens with one attached hydrogen (secondary N) is 1. The number of carbonyl (C=O) groups is 2. The fraction of sp³-hybridized carbons (Fsp3) is 0.441. The summed E-state index contributed by atoms with van der Waals surface area (Å²) in [5.74, 6) is 2.31. The molecule has 0 aliphatic carbocycles. The lowest BCUT2D eigenvalue weighted by atomic mass is 9.85. The van der Waals surface area contributed by atoms with Crippen LogP contribution in [0.5, 0.6) is 5.75 Å². The number of carbonyl (C=O) groups excluding carboxylic acids is 2. The normalized spacial score (nSPS) is 20.1. The number of pyridine rings is 1. The van der Waals surface area contributed by atoms with Crippen LogP contribution >= 0.6 is 11.3 Å². The lowest BCUT2D eigenvalue weighted by Crippen LogP contribution is -2.51. The van der Waals surface area contributed by atoms with Gasteiger partial charge in [0.05, 0.1) is 34.7 Å². The highest BCUT2D eigenvalue weighted by molar-refractivity contribution is 7.18. The number of aromatic amines is 1. The van der Waals surface area contributed by atoms with Crippen LogP contribution in [-0.4, -0.2) is 115 Å². The molecule has 3 aliphatic heterocycles. The molecule has 1 aromatic carbocycles. The summed E-state index contributed by atoms with van der Waals surface area (Å²) in [6, 6.07) is 11.6. The zero-order chi connectivity index (χ0) is 33.7. The third-order valence-electron chi connectivity index (χ3n) is 9.69. The van der Waals surface area contributed by atoms with Crippen LogP contribution in [0.1, 0.15) is 26.7 Å². The molecule has 0 bridgehead atoms. The highest BCUT2D eigenvalue weighted by Crippen LogP contribution is 2.42. The van der Waals surface area contributed by atoms with Crippen LogP contribution in [-0.2, 0) is 16.6 Å². The Bertz CT molecular complexity index is 2000. The summed E-state index contributed by atoms with van der Waals surface area (Å²) in [5.41, 5.74) is 2.70. The SMILES string of the molecule is CC(C)Oc1ccc(-c2n[nH]c3ccc(N4CC[C@]5(CCN(CC(=O)N6CCN(c7ncc(-c8ncn(C)n8)s7)CC6)C5)C4=O)nc23)cc1. The summed E-state index contributed by atoms with van der Waals surface area (Å²) in [6.07, 6.45) is 5.07. The van der Waals surface area contributed by atoms with E-state index >= 15 is 0 Å². The Morgan fingerprint density at radius 3 is 2.57 bits per heavy atom. The van der Waals surface area contributed by atoms with E-state index < -0.39 is 5.41 Å². The van der Waals surface area contributed by atoms with E-state index in [-0.39, 0.29) is 17.9 Å². The number of nitrogens with zero attached hydrogens (tertiary/aromatic N) is 10. The second-order valence-corrected chi connectivity index (χ2v) is 14.4. The highest BCUT2D eigenvalue weighted by Gasteiger charge is 2.51. The number of thiazole rings is 1. The molecule has 3 aliphatic rings. The molecule has 8 rings (SSSR count). The van der Waals surface area contributed by atoms with Crippen molar-refractivity contribution in [3.63, 3.8) is 0 Å². The molecular formula is C34H39N11O3S. The monoisotopic (exact) mass is 681 g/mol. The lowest BCUT2D eigenvalue weighted by Gasteiger charge is -2.35. The number of H-pyrrole nitrogens is 1. The molecule has 0 saturated carbocycles. The predicted molar refractivity (Wildman–Crippen MR) is 186 cm³/mol. The smallest absolute Gasteiger partial charge is 0.236 e. The van der Waals surface area contributed by atoms with Crippen molar-refractivity contribution in [2.45, 2.75) is 32.8 Å². The van der Waals surface area contributed by atoms with Crippen LogP contribution in [0, 0.1) is 5.41 Å². The second kappa shape index (κ2) is 12.5. The average Bonchev–Trinajstić information content (AvgIpc) is 3.94. The van der Waals surface area contributed by atoms with Crippen molar-refractivity contribution in [2.75, 3.05) is 62.2 Å². The minimum atomic E-state index is -0.494. The molecular weight excluding hydrogens is 643 g/mol. The number of hydrogen-bond donors (Lipinski definition) is 1. The summed E-state index contributed by atoms with van der Waals surface area (Å²) in [5, 5.41) is 12.9. The van der Waals surface area contributed by atoms with Crippen molar-refractivity contribution in [3.05, 3.63) is 48.9 Å². The summed E-state index contributed by atoms with van der Waals surface area (Å²) in [7, 11) is 1.85. The largest absolute Gasteiger partial charge is 0.491 e. The molecule has 0 unspecified atom stereocenters. The van der Waals surface area contributed by atoms with E-state index in [1.54, 1.807) is 22.3 Å². The molecule has 5 aromatic rings. The molecule has 7 heterocycles. The first-order chi connectivity index (χ1) is 23.7. The average molecular weight is 682 g/mol. The van der Waals surface area contributed by atoms with Crippen LogP contribution in [0.3, 0.4) is 0 Å². The van der Waals surface area contributed by atoms with E-state index in [1.165, 1.54) is 0 Å². The number of benzene rings is 1. The third-order valence-corrected chi connectivity index (χ3v) is 10.7. The molecule has 49 heavy (non-hydrogen) atoms. The quantitative estimate of drug-likeness (QED) is 0.259. The van der Waals surface area contributed by atoms with Gasteiger partial charge in [-0.2, -0.15) is 10.2 Å². The molecule has 15 heteroatoms. The molecule has 254 valence electrons. The number of anilines is 2. The van der Waals surface area contributed by atoms with Gasteiger partial charge in [0, 0.05) is 51.9 Å². The molecule has 1 atom stereocenters. The summed E-state index contributed by atoms with van der Waals surface area (Å²) in [4.78, 5) is 50.3. The fourth-order valence-electron chi connectivity index (χ4n) is 7.12. The molecule has 0 radical (unpaired) electrons. The summed E-state index contributed by atoms with van der Waals surface area (Å²) < 4.78 is 7.47. The zero-order valence-electron chi connectivity index (χ0n) is 27.9. The number of fused-ring (bicyclic) bond motifs is 1. The van der Waals surface area contributed by atoms with E-state index in [2.05, 4.69) is 35.1 Å². The van der Waals surface area contributed by atoms with Gasteiger partial charge in [0.1, 0.15) is 29.1 Å². The maximum absolute atomic E-state index is 14.0. The maximum Gasteiger partial charge on any atom is 0.236 e. The van der Waals surface area contributed by atoms with Crippen molar-refractivity contribution in [2.24, 2.45) is 12.5 Å². The Morgan fingerprint density at radius 1 is 1.02 bits per heavy atom. The Morgan fingerprint density at radius 2 is 1.82 bits per heavy atom. The van der Waals surface area contributed by atoms with Crippen LogP contribution in [0.25, 0.3) is 33.0 Å². The molecule has 4 aromatic heterocycles. The van der Waals surface area contributed by atoms with E-state index in [0.29, 0.717) is 44.4 Å². The van der Waals surface area contributed by atoms with Gasteiger partial charge in [0.2, 0.25) is 11.8 Å². The van der Waals surface area contributed by atoms with Crippen molar-refractivity contribution in [3.8, 4) is 27.7 Å². The molecule has 2 amide bonds. The van der Waals surface area contributed by atoms with Crippen LogP contribution in [0.2, 0.25) is 0 Å². The standard InChI is InChI=1S/C34H39N11O3S/c1-22(2)48-24-6-4-23(5-7-24)29-30-25(38-39-29)8-9-27(37-30)45-13-11-34(32(45)47)10-12-42(20-34)19-28(46)43-14-16-44(17-15-43)33-35-18-26(49-33)31-36-21-41(3)40-31/h4-9,18,21-22H,10-17,19-20H2,1-3H3,(H,38,39)/t34-/m0/s1. The first-order valence-corrected chi connectivity index (χ1v) is 17.6. The molecule has 1 spiro atoms. The first kappa shape index (κ1) is 31.4. The van der Waals surface area contributed by atoms with E-state index in [4.69, 9.17) is 9.72 Å². The van der Waals surface area contributed by atoms with Gasteiger partial charge in [-0.25, -0.2) is 15.0 Å². The molecule has 14 nitrogen and oxygen atoms in total. The van der Waals surface area contributed by atoms with Gasteiger partial charge in [-0.3, -0.25) is 29.2 Å². The second-order valence-electron chi connectivity index (χ2n) is 13.4. The van der Waals surface area contributed by atoms with Gasteiger partial charge in [0.15, 0.2) is 11.0 Å². The van der Waals surface area contributed by atoms with Crippen LogP contribution in [0.4, 0.5) is 10.9 Å². The molecule has 1 N–H and O–H groups in total. The Kier molecular flexibility index (Phi) is 8.02. The van der Waals surface area contributed by atoms with Gasteiger partial charge in [0.25, 0.3) is 0 Å². The van der Waals surface area contributed by atoms with Crippen LogP contribution in [0.15, 0.2) is 48.9 Å². The van der Waals surface area contributed by atoms with Gasteiger partial charge < -0.3 is 14.5 Å². The topological polar surface area (TPSA) is 142 Å². The number of piperazine rings is 1. The number of likely N-dealkylation sites (tertiary alicyclic amines) is 1. The van der Waals surface area contributed by atoms with E-state index in [0.717, 1.165) is 70.5 Å². The van der Waals surface area contributed by atoms with E-state index in [1.807, 2.05) is 73.3 Å². The van der Waals surface area contributed by atoms with E-state index in [9.17, 15) is 9.59 Å². The molecule has 3 fully saturated rings. The summed E-state index contributed by atoms with van der Waals surface area (Å²) in [6.45, 7) is 8.96. The van der Waals surface area contributed by atoms with Gasteiger partial charge >= 0.3 is 0 Å². The van der Waals surface area contributed by atoms with Crippen molar-refractivity contribution >= 4 is 45.1 Å². The number of aryl methyl sites for hydroxylation is 1. The Balaban J connectivity index is 0.878. The van der Waals surface area contributed by atoms with Gasteiger partial charge in [-0.1, -0.05) is 11.3 Å². The first-order valence-electron chi connectivity index (χ1n) is 16.8. The van der Waals surface area contributed by atoms with Crippen LogP contribution < -0.4 is 14.5 Å². The number of rotatable bonds is 8. The Labute approximate surface area is 287 Å². The molecule has 3 saturated heterocycles. The van der Waals surface area contributed by atoms with Gasteiger partial charge in [-0.15, -0.1) is 0 Å². The minimum absolute atomic E-state index is 0.0897. The number of aromatic nitrogens is 7. The third kappa shape index (κ3) is 6.01. The number of amides is 2. The number of hydrogen-bond acceptors (Lipinski definition) is 11. The van der Waals surface area contributed by atoms with Crippen molar-refractivity contribution in [1.82, 2.24) is 44.7 Å². The van der Waals surface area contributed by atoms with Crippen molar-refractivity contribution < 1.29 is 14.3 Å². The van der Waals surface area contributed by atoms with Crippen molar-refractivity contribution in [1.29, 1.82) is 0 Å². The number of ether oxygens (including phenoxy) is 1. The predicted octanol–water partition coefficient (Wildman–Crippen LogP) is 3.44. The minimum Gasteiger partial charge on any atom is -0.491 e. The highest BCUT2D eigenvalue weighted by atomic mass is 32.1. The fourth-order valence-corrected chi connectivity index (χ4v) is 8.02. The zero-order valence-corrected chi connectivity index (χ0v) is 28.7. The lowest BCUT2D eigenvalue weighted by molar-refractivity contribution is -0.133. The summed E-state index contributed by atoms with van der Waals surface area (Å²) >= 11 is 1.57. The Hall–Kier alpha value is -4.89.